The summed E-state index contributed by atoms with van der Waals surface area (Å²) in [6.45, 7) is 3.96. The monoisotopic (exact) mass is 276 g/mol. The number of amides is 1. The van der Waals surface area contributed by atoms with Gasteiger partial charge >= 0.3 is 0 Å². The molecule has 2 aromatic rings. The second-order valence-electron chi connectivity index (χ2n) is 4.52. The van der Waals surface area contributed by atoms with Crippen LogP contribution in [0.3, 0.4) is 0 Å². The number of rotatable bonds is 4. The Hall–Kier alpha value is -2.55. The van der Waals surface area contributed by atoms with Gasteiger partial charge in [-0.2, -0.15) is 4.80 Å². The molecule has 0 spiro atoms. The summed E-state index contributed by atoms with van der Waals surface area (Å²) in [6.07, 6.45) is 0. The maximum atomic E-state index is 12.1. The molecule has 0 unspecified atom stereocenters. The Balaban J connectivity index is 2.26. The normalized spacial score (nSPS) is 10.7. The fourth-order valence-electron chi connectivity index (χ4n) is 1.56. The summed E-state index contributed by atoms with van der Waals surface area (Å²) < 4.78 is 0. The molecule has 0 aliphatic rings. The summed E-state index contributed by atoms with van der Waals surface area (Å²) in [5, 5.41) is 13.8. The van der Waals surface area contributed by atoms with E-state index in [1.165, 1.54) is 4.80 Å². The van der Waals surface area contributed by atoms with Crippen LogP contribution < -0.4 is 16.6 Å². The molecule has 2 heterocycles. The summed E-state index contributed by atoms with van der Waals surface area (Å²) in [7, 11) is 1.61. The number of hydrogen-bond acceptors (Lipinski definition) is 7. The van der Waals surface area contributed by atoms with E-state index in [9.17, 15) is 4.79 Å². The molecule has 106 valence electrons. The molecular formula is C11H16N8O. The maximum absolute atomic E-state index is 12.1. The molecule has 0 aromatic carbocycles. The molecule has 0 saturated carbocycles. The molecular weight excluding hydrogens is 260 g/mol. The van der Waals surface area contributed by atoms with Gasteiger partial charge in [0.05, 0.1) is 7.05 Å². The molecule has 2 rings (SSSR count). The molecule has 0 aliphatic heterocycles. The van der Waals surface area contributed by atoms with Crippen molar-refractivity contribution in [2.75, 3.05) is 10.7 Å². The predicted molar refractivity (Wildman–Crippen MR) is 72.9 cm³/mol. The quantitative estimate of drug-likeness (QED) is 0.540. The van der Waals surface area contributed by atoms with Crippen molar-refractivity contribution in [1.82, 2.24) is 25.2 Å². The first-order valence-corrected chi connectivity index (χ1v) is 6.03. The average molecular weight is 276 g/mol. The Bertz CT molecular complexity index is 621. The first kappa shape index (κ1) is 13.9. The number of hydrogen-bond donors (Lipinski definition) is 3. The van der Waals surface area contributed by atoms with Crippen LogP contribution in [0, 0.1) is 0 Å². The van der Waals surface area contributed by atoms with Crippen LogP contribution in [-0.4, -0.2) is 31.1 Å². The molecule has 2 aromatic heterocycles. The van der Waals surface area contributed by atoms with Gasteiger partial charge in [-0.05, 0) is 23.3 Å². The van der Waals surface area contributed by atoms with Gasteiger partial charge in [-0.1, -0.05) is 18.9 Å². The van der Waals surface area contributed by atoms with E-state index in [0.717, 1.165) is 5.69 Å². The molecule has 9 heteroatoms. The topological polar surface area (TPSA) is 124 Å². The zero-order chi connectivity index (χ0) is 14.7. The standard InChI is InChI=1S/C11H16N8O/c1-6(2)8-4-7(5-9(13-8)15-12)10(20)14-11-16-18-19(3)17-11/h4-6H,12H2,1-3H3,(H,13,15)(H,14,17,20). The number of nitrogens with one attached hydrogen (secondary N) is 2. The lowest BCUT2D eigenvalue weighted by molar-refractivity contribution is 0.102. The SMILES string of the molecule is CC(C)c1cc(C(=O)Nc2nnn(C)n2)cc(NN)n1. The third-order valence-electron chi connectivity index (χ3n) is 2.58. The molecule has 1 amide bonds. The fourth-order valence-corrected chi connectivity index (χ4v) is 1.56. The smallest absolute Gasteiger partial charge is 0.270 e. The lowest BCUT2D eigenvalue weighted by atomic mass is 10.1. The number of aromatic nitrogens is 5. The average Bonchev–Trinajstić information content (AvgIpc) is 2.83. The summed E-state index contributed by atoms with van der Waals surface area (Å²) in [5.41, 5.74) is 3.63. The van der Waals surface area contributed by atoms with E-state index in [4.69, 9.17) is 5.84 Å². The van der Waals surface area contributed by atoms with Crippen LogP contribution in [0.25, 0.3) is 0 Å². The molecule has 4 N–H and O–H groups in total. The van der Waals surface area contributed by atoms with Gasteiger partial charge in [0.25, 0.3) is 11.9 Å². The Morgan fingerprint density at radius 3 is 2.70 bits per heavy atom. The number of carbonyl (C=O) groups is 1. The van der Waals surface area contributed by atoms with Gasteiger partial charge in [0, 0.05) is 11.3 Å². The number of nitrogen functional groups attached to an aromatic ring is 1. The molecule has 0 aliphatic carbocycles. The third kappa shape index (κ3) is 3.06. The van der Waals surface area contributed by atoms with E-state index in [0.29, 0.717) is 11.4 Å². The fraction of sp³-hybridized carbons (Fsp3) is 0.364. The van der Waals surface area contributed by atoms with Crippen LogP contribution in [0.1, 0.15) is 35.8 Å². The van der Waals surface area contributed by atoms with E-state index in [-0.39, 0.29) is 17.8 Å². The van der Waals surface area contributed by atoms with Crippen molar-refractivity contribution in [3.8, 4) is 0 Å². The Kier molecular flexibility index (Phi) is 3.89. The van der Waals surface area contributed by atoms with Crippen LogP contribution >= 0.6 is 0 Å². The summed E-state index contributed by atoms with van der Waals surface area (Å²) >= 11 is 0. The minimum atomic E-state index is -0.348. The van der Waals surface area contributed by atoms with Crippen molar-refractivity contribution in [3.63, 3.8) is 0 Å². The lowest BCUT2D eigenvalue weighted by Crippen LogP contribution is -2.16. The van der Waals surface area contributed by atoms with Crippen molar-refractivity contribution in [3.05, 3.63) is 23.4 Å². The Labute approximate surface area is 115 Å². The van der Waals surface area contributed by atoms with Crippen LogP contribution in [-0.2, 0) is 7.05 Å². The molecule has 0 radical (unpaired) electrons. The Morgan fingerprint density at radius 2 is 2.15 bits per heavy atom. The van der Waals surface area contributed by atoms with Crippen LogP contribution in [0.5, 0.6) is 0 Å². The number of pyridine rings is 1. The van der Waals surface area contributed by atoms with E-state index in [1.54, 1.807) is 19.2 Å². The van der Waals surface area contributed by atoms with Crippen LogP contribution in [0.4, 0.5) is 11.8 Å². The highest BCUT2D eigenvalue weighted by Gasteiger charge is 2.13. The molecule has 9 nitrogen and oxygen atoms in total. The number of carbonyl (C=O) groups excluding carboxylic acids is 1. The molecule has 0 saturated heterocycles. The summed E-state index contributed by atoms with van der Waals surface area (Å²) in [4.78, 5) is 17.7. The highest BCUT2D eigenvalue weighted by atomic mass is 16.1. The summed E-state index contributed by atoms with van der Waals surface area (Å²) in [5.74, 6) is 5.75. The van der Waals surface area contributed by atoms with Gasteiger partial charge in [-0.15, -0.1) is 5.10 Å². The van der Waals surface area contributed by atoms with Crippen molar-refractivity contribution >= 4 is 17.7 Å². The van der Waals surface area contributed by atoms with Crippen molar-refractivity contribution in [2.24, 2.45) is 12.9 Å². The van der Waals surface area contributed by atoms with Gasteiger partial charge in [0.1, 0.15) is 5.82 Å². The first-order valence-electron chi connectivity index (χ1n) is 6.03. The van der Waals surface area contributed by atoms with Crippen LogP contribution in [0.15, 0.2) is 12.1 Å². The van der Waals surface area contributed by atoms with E-state index < -0.39 is 0 Å². The second-order valence-corrected chi connectivity index (χ2v) is 4.52. The number of nitrogens with two attached hydrogens (primary N) is 1. The maximum Gasteiger partial charge on any atom is 0.270 e. The third-order valence-corrected chi connectivity index (χ3v) is 2.58. The minimum Gasteiger partial charge on any atom is -0.308 e. The highest BCUT2D eigenvalue weighted by Crippen LogP contribution is 2.17. The van der Waals surface area contributed by atoms with Gasteiger partial charge in [-0.25, -0.2) is 10.8 Å². The second kappa shape index (κ2) is 5.61. The number of anilines is 2. The van der Waals surface area contributed by atoms with E-state index >= 15 is 0 Å². The van der Waals surface area contributed by atoms with E-state index in [1.807, 2.05) is 13.8 Å². The lowest BCUT2D eigenvalue weighted by Gasteiger charge is -2.10. The minimum absolute atomic E-state index is 0.141. The van der Waals surface area contributed by atoms with Crippen molar-refractivity contribution in [1.29, 1.82) is 0 Å². The molecule has 0 bridgehead atoms. The van der Waals surface area contributed by atoms with Gasteiger partial charge < -0.3 is 5.43 Å². The highest BCUT2D eigenvalue weighted by molar-refractivity contribution is 6.03. The number of tetrazole rings is 1. The van der Waals surface area contributed by atoms with Crippen molar-refractivity contribution < 1.29 is 4.79 Å². The predicted octanol–water partition coefficient (Wildman–Crippen LogP) is 0.266. The zero-order valence-corrected chi connectivity index (χ0v) is 11.5. The zero-order valence-electron chi connectivity index (χ0n) is 11.5. The van der Waals surface area contributed by atoms with Gasteiger partial charge in [0.2, 0.25) is 0 Å². The summed E-state index contributed by atoms with van der Waals surface area (Å²) in [6, 6.07) is 3.26. The van der Waals surface area contributed by atoms with Gasteiger partial charge in [-0.3, -0.25) is 10.1 Å². The number of hydrazine groups is 1. The first-order chi connectivity index (χ1) is 9.49. The van der Waals surface area contributed by atoms with E-state index in [2.05, 4.69) is 31.1 Å². The number of nitrogens with zero attached hydrogens (tertiary/aromatic N) is 5. The number of aryl methyl sites for hydroxylation is 1. The van der Waals surface area contributed by atoms with Gasteiger partial charge in [0.15, 0.2) is 0 Å². The molecule has 0 fully saturated rings. The largest absolute Gasteiger partial charge is 0.308 e. The Morgan fingerprint density at radius 1 is 1.40 bits per heavy atom. The van der Waals surface area contributed by atoms with Crippen LogP contribution in [0.2, 0.25) is 0 Å². The molecule has 20 heavy (non-hydrogen) atoms. The van der Waals surface area contributed by atoms with Crippen molar-refractivity contribution in [2.45, 2.75) is 19.8 Å². The molecule has 0 atom stereocenters.